The third-order valence-corrected chi connectivity index (χ3v) is 21.9. The molecule has 2 aliphatic heterocycles. The number of primary sulfonamides is 1. The zero-order valence-corrected chi connectivity index (χ0v) is 53.4. The number of rotatable bonds is 23. The molecule has 2 aliphatic rings. The normalized spacial score (nSPS) is 17.0. The maximum atomic E-state index is 13.5. The Morgan fingerprint density at radius 2 is 1.21 bits per heavy atom. The number of nitrogens with zero attached hydrogens (tertiary/aromatic N) is 5. The van der Waals surface area contributed by atoms with E-state index in [-0.39, 0.29) is 106 Å². The SMILES string of the molecule is CC1(C)C(=CC=C(/C=C/C2N(CCCS(=O)(=O)O)c3ccc4c(S(=O)(=O)O)cc(S(=O)(=O)O)cc4c3C2(C)C)c2ccc(C(=O)NCCCC(=O)Nc3nnc(S(N)(=O)=O)s3)cn2)N(CCCS(=O)(=O)O)c2ccc3c(S(=O)(=O)O)cc(S(=O)(=O)O)cc3c21. The summed E-state index contributed by atoms with van der Waals surface area (Å²) in [6.45, 7) is 6.30. The van der Waals surface area contributed by atoms with Crippen LogP contribution in [-0.4, -0.2) is 150 Å². The number of amides is 2. The largest absolute Gasteiger partial charge is 0.364 e. The third kappa shape index (κ3) is 15.2. The molecule has 2 amide bonds. The Bertz CT molecular complexity index is 4860. The van der Waals surface area contributed by atoms with Crippen LogP contribution in [0.15, 0.2) is 121 Å². The van der Waals surface area contributed by atoms with E-state index in [1.54, 1.807) is 55.7 Å². The lowest BCUT2D eigenvalue weighted by Crippen LogP contribution is -2.41. The molecule has 2 aromatic heterocycles. The van der Waals surface area contributed by atoms with Gasteiger partial charge in [-0.1, -0.05) is 69.4 Å². The van der Waals surface area contributed by atoms with Crippen LogP contribution in [-0.2, 0) is 86.4 Å². The maximum absolute atomic E-state index is 13.5. The van der Waals surface area contributed by atoms with Gasteiger partial charge in [0.05, 0.1) is 38.6 Å². The van der Waals surface area contributed by atoms with E-state index in [4.69, 9.17) is 5.14 Å². The molecule has 1 atom stereocenters. The number of sulfonamides is 1. The van der Waals surface area contributed by atoms with Gasteiger partial charge in [0.25, 0.3) is 76.6 Å². The fourth-order valence-corrected chi connectivity index (χ4v) is 15.9. The standard InChI is InChI=1S/C51H56N8O22S8/c1-50(2)42(58(20-6-22-83(62,63)64)38-15-12-33-35(45(38)50)24-31(86(70,71)72)26-40(33)88(76,77)78)17-10-29(37-14-9-30(28-54-37)47(61)53-19-5-8-44(60)55-48-56-57-49(82-48)85(52,68)69)11-18-43-51(3,4)46-36-25-32(87(73,74)75)27-41(89(79,80)81)34(36)13-16-39(46)59(43)21-7-23-84(65,66)67/h9-18,24-28,42H,5-8,19-23H2,1-4H3,(H,53,61)(H2,52,68,69)(H,55,56,60)(H,62,63,64)(H,65,66,67)(H,70,71,72)(H,73,74,75)(H,76,77,78)(H,79,80,81)/b17-10+,29-11?,43-18?. The van der Waals surface area contributed by atoms with Gasteiger partial charge in [-0.05, 0) is 101 Å². The number of hydrogen-bond acceptors (Lipinski definition) is 22. The molecule has 8 rings (SSSR count). The van der Waals surface area contributed by atoms with Crippen molar-refractivity contribution in [2.45, 2.75) is 94.2 Å². The Hall–Kier alpha value is -6.76. The molecule has 4 aromatic carbocycles. The van der Waals surface area contributed by atoms with Gasteiger partial charge in [0.2, 0.25) is 15.4 Å². The summed E-state index contributed by atoms with van der Waals surface area (Å²) in [5.41, 5.74) is -0.906. The highest BCUT2D eigenvalue weighted by molar-refractivity contribution is 7.91. The molecule has 0 bridgehead atoms. The topological polar surface area (TPSA) is 490 Å². The van der Waals surface area contributed by atoms with E-state index in [0.29, 0.717) is 34.9 Å². The van der Waals surface area contributed by atoms with Crippen LogP contribution in [0, 0.1) is 0 Å². The molecule has 0 saturated carbocycles. The van der Waals surface area contributed by atoms with Gasteiger partial charge in [0.15, 0.2) is 0 Å². The number of benzene rings is 4. The highest BCUT2D eigenvalue weighted by atomic mass is 32.3. The smallest absolute Gasteiger partial charge is 0.295 e. The van der Waals surface area contributed by atoms with Crippen LogP contribution >= 0.6 is 11.3 Å². The number of anilines is 3. The summed E-state index contributed by atoms with van der Waals surface area (Å²) in [6.07, 6.45) is 6.96. The molecule has 30 nitrogen and oxygen atoms in total. The zero-order chi connectivity index (χ0) is 66.0. The van der Waals surface area contributed by atoms with Gasteiger partial charge in [-0.15, -0.1) is 10.2 Å². The van der Waals surface area contributed by atoms with Crippen molar-refractivity contribution in [3.8, 4) is 0 Å². The van der Waals surface area contributed by atoms with Crippen LogP contribution in [0.25, 0.3) is 27.1 Å². The van der Waals surface area contributed by atoms with Gasteiger partial charge >= 0.3 is 0 Å². The Morgan fingerprint density at radius 3 is 1.72 bits per heavy atom. The van der Waals surface area contributed by atoms with Crippen molar-refractivity contribution in [2.75, 3.05) is 46.3 Å². The van der Waals surface area contributed by atoms with Crippen molar-refractivity contribution in [2.24, 2.45) is 5.14 Å². The van der Waals surface area contributed by atoms with E-state index < -0.39 is 135 Å². The van der Waals surface area contributed by atoms with Crippen molar-refractivity contribution in [1.29, 1.82) is 0 Å². The van der Waals surface area contributed by atoms with Crippen molar-refractivity contribution in [3.05, 3.63) is 119 Å². The molecule has 0 saturated heterocycles. The summed E-state index contributed by atoms with van der Waals surface area (Å²) < 4.78 is 233. The first-order chi connectivity index (χ1) is 40.9. The van der Waals surface area contributed by atoms with Crippen LogP contribution in [0.5, 0.6) is 0 Å². The van der Waals surface area contributed by atoms with Crippen LogP contribution in [0.3, 0.4) is 0 Å². The Kier molecular flexibility index (Phi) is 18.7. The van der Waals surface area contributed by atoms with Gasteiger partial charge < -0.3 is 20.4 Å². The number of nitrogens with one attached hydrogen (secondary N) is 2. The summed E-state index contributed by atoms with van der Waals surface area (Å²) >= 11 is 0.531. The maximum Gasteiger partial charge on any atom is 0.295 e. The number of hydrogen-bond donors (Lipinski definition) is 9. The quantitative estimate of drug-likeness (QED) is 0.0186. The molecule has 38 heteroatoms. The Labute approximate surface area is 515 Å². The molecule has 89 heavy (non-hydrogen) atoms. The predicted molar refractivity (Wildman–Crippen MR) is 325 cm³/mol. The van der Waals surface area contributed by atoms with Crippen molar-refractivity contribution >= 4 is 138 Å². The number of fused-ring (bicyclic) bond motifs is 6. The minimum atomic E-state index is -5.18. The second-order valence-electron chi connectivity index (χ2n) is 21.6. The highest BCUT2D eigenvalue weighted by Gasteiger charge is 2.46. The first-order valence-electron chi connectivity index (χ1n) is 26.0. The Morgan fingerprint density at radius 1 is 0.663 bits per heavy atom. The second kappa shape index (κ2) is 24.5. The van der Waals surface area contributed by atoms with Gasteiger partial charge in [0, 0.05) is 70.9 Å². The molecular weight excluding hydrogens is 1330 g/mol. The summed E-state index contributed by atoms with van der Waals surface area (Å²) in [4.78, 5) is 30.4. The van der Waals surface area contributed by atoms with E-state index in [0.717, 1.165) is 12.1 Å². The molecule has 1 unspecified atom stereocenters. The average Bonchev–Trinajstić information content (AvgIpc) is 1.62. The lowest BCUT2D eigenvalue weighted by atomic mass is 9.78. The molecular formula is C51H56N8O22S8. The van der Waals surface area contributed by atoms with Gasteiger partial charge in [0.1, 0.15) is 9.79 Å². The fourth-order valence-electron chi connectivity index (χ4n) is 10.9. The fraction of sp³-hybridized carbons (Fsp3) is 0.314. The molecule has 480 valence electrons. The van der Waals surface area contributed by atoms with E-state index >= 15 is 0 Å². The number of aromatic nitrogens is 3. The molecule has 0 spiro atoms. The third-order valence-electron chi connectivity index (χ3n) is 14.7. The van der Waals surface area contributed by atoms with Gasteiger partial charge in [-0.2, -0.15) is 50.5 Å². The predicted octanol–water partition coefficient (Wildman–Crippen LogP) is 4.37. The number of carbonyl (C=O) groups excluding carboxylic acids is 2. The summed E-state index contributed by atoms with van der Waals surface area (Å²) in [6, 6.07) is 10.5. The molecule has 0 fully saturated rings. The molecule has 0 aliphatic carbocycles. The number of nitrogens with two attached hydrogens (primary N) is 1. The van der Waals surface area contributed by atoms with Crippen molar-refractivity contribution in [3.63, 3.8) is 0 Å². The first-order valence-corrected chi connectivity index (χ1v) is 37.3. The highest BCUT2D eigenvalue weighted by Crippen LogP contribution is 2.53. The molecule has 0 radical (unpaired) electrons. The molecule has 10 N–H and O–H groups in total. The van der Waals surface area contributed by atoms with E-state index in [2.05, 4.69) is 25.8 Å². The Balaban J connectivity index is 1.26. The van der Waals surface area contributed by atoms with Crippen LogP contribution in [0.1, 0.15) is 80.6 Å². The monoisotopic (exact) mass is 1390 g/mol. The van der Waals surface area contributed by atoms with E-state index in [9.17, 15) is 95.8 Å². The first kappa shape index (κ1) is 68.2. The van der Waals surface area contributed by atoms with Crippen LogP contribution in [0.4, 0.5) is 16.5 Å². The minimum Gasteiger partial charge on any atom is -0.364 e. The van der Waals surface area contributed by atoms with Crippen molar-refractivity contribution < 1.29 is 95.8 Å². The second-order valence-corrected chi connectivity index (χ2v) is 33.0. The number of pyridine rings is 1. The van der Waals surface area contributed by atoms with E-state index in [1.807, 2.05) is 0 Å². The number of allylic oxidation sites excluding steroid dienone is 5. The minimum absolute atomic E-state index is 0.0137. The summed E-state index contributed by atoms with van der Waals surface area (Å²) in [7, 11) is -33.9. The lowest BCUT2D eigenvalue weighted by molar-refractivity contribution is -0.116. The van der Waals surface area contributed by atoms with Gasteiger partial charge in [-0.25, -0.2) is 13.6 Å². The van der Waals surface area contributed by atoms with Crippen LogP contribution in [0.2, 0.25) is 0 Å². The molecule has 4 heterocycles. The summed E-state index contributed by atoms with van der Waals surface area (Å²) in [5.74, 6) is -2.71. The number of carbonyl (C=O) groups is 2. The van der Waals surface area contributed by atoms with E-state index in [1.165, 1.54) is 48.7 Å². The van der Waals surface area contributed by atoms with Crippen LogP contribution < -0.4 is 25.6 Å². The van der Waals surface area contributed by atoms with Crippen molar-refractivity contribution in [1.82, 2.24) is 20.5 Å². The molecule has 6 aromatic rings. The van der Waals surface area contributed by atoms with Gasteiger partial charge in [-0.3, -0.25) is 41.9 Å². The lowest BCUT2D eigenvalue weighted by Gasteiger charge is -2.32. The summed E-state index contributed by atoms with van der Waals surface area (Å²) in [5, 5.41) is 16.5. The zero-order valence-electron chi connectivity index (χ0n) is 46.9. The average molecular weight is 1390 g/mol.